The summed E-state index contributed by atoms with van der Waals surface area (Å²) in [6.45, 7) is 0. The van der Waals surface area contributed by atoms with Crippen LogP contribution in [0.25, 0.3) is 0 Å². The average molecular weight is 341 g/mol. The van der Waals surface area contributed by atoms with Crippen molar-refractivity contribution in [2.24, 2.45) is 0 Å². The van der Waals surface area contributed by atoms with Gasteiger partial charge in [-0.05, 0) is 11.6 Å². The van der Waals surface area contributed by atoms with Crippen LogP contribution in [0.3, 0.4) is 0 Å². The third kappa shape index (κ3) is 3.43. The van der Waals surface area contributed by atoms with Gasteiger partial charge in [0.15, 0.2) is 0 Å². The molecule has 0 N–H and O–H groups in total. The molecule has 2 aromatic rings. The van der Waals surface area contributed by atoms with E-state index in [0.717, 1.165) is 6.07 Å². The molecule has 2 aromatic carbocycles. The first kappa shape index (κ1) is 16.8. The Morgan fingerprint density at radius 2 is 1.83 bits per heavy atom. The molecule has 0 radical (unpaired) electrons. The highest BCUT2D eigenvalue weighted by atomic mass is 35.5. The Bertz CT molecular complexity index is 786. The molecular formula is C15H8ClF3N2O2. The van der Waals surface area contributed by atoms with Gasteiger partial charge in [-0.3, -0.25) is 10.1 Å². The second-order valence-electron chi connectivity index (χ2n) is 4.62. The van der Waals surface area contributed by atoms with Crippen LogP contribution in [-0.2, 0) is 6.18 Å². The molecule has 0 aliphatic rings. The molecular weight excluding hydrogens is 333 g/mol. The number of nitriles is 1. The van der Waals surface area contributed by atoms with Gasteiger partial charge in [-0.1, -0.05) is 41.9 Å². The zero-order valence-electron chi connectivity index (χ0n) is 11.3. The van der Waals surface area contributed by atoms with E-state index in [-0.39, 0.29) is 5.56 Å². The molecule has 0 fully saturated rings. The quantitative estimate of drug-likeness (QED) is 0.588. The lowest BCUT2D eigenvalue weighted by molar-refractivity contribution is -0.385. The highest BCUT2D eigenvalue weighted by Crippen LogP contribution is 2.41. The Balaban J connectivity index is 2.69. The van der Waals surface area contributed by atoms with Crippen molar-refractivity contribution >= 4 is 17.3 Å². The highest BCUT2D eigenvalue weighted by molar-refractivity contribution is 6.31. The number of alkyl halides is 3. The first-order valence-electron chi connectivity index (χ1n) is 6.25. The Morgan fingerprint density at radius 3 is 2.30 bits per heavy atom. The van der Waals surface area contributed by atoms with Crippen molar-refractivity contribution in [3.8, 4) is 6.07 Å². The van der Waals surface area contributed by atoms with E-state index in [2.05, 4.69) is 0 Å². The van der Waals surface area contributed by atoms with Crippen LogP contribution in [0.1, 0.15) is 22.6 Å². The van der Waals surface area contributed by atoms with Gasteiger partial charge in [0.1, 0.15) is 5.92 Å². The molecule has 118 valence electrons. The van der Waals surface area contributed by atoms with E-state index in [1.54, 1.807) is 30.3 Å². The van der Waals surface area contributed by atoms with E-state index < -0.39 is 33.3 Å². The van der Waals surface area contributed by atoms with Crippen LogP contribution in [0.2, 0.25) is 5.02 Å². The van der Waals surface area contributed by atoms with Crippen LogP contribution in [0.15, 0.2) is 42.5 Å². The van der Waals surface area contributed by atoms with Crippen LogP contribution < -0.4 is 0 Å². The predicted octanol–water partition coefficient (Wildman–Crippen LogP) is 4.92. The van der Waals surface area contributed by atoms with E-state index in [1.807, 2.05) is 6.07 Å². The van der Waals surface area contributed by atoms with Crippen LogP contribution >= 0.6 is 11.6 Å². The summed E-state index contributed by atoms with van der Waals surface area (Å²) in [5, 5.41) is 19.8. The summed E-state index contributed by atoms with van der Waals surface area (Å²) >= 11 is 5.63. The lowest BCUT2D eigenvalue weighted by atomic mass is 9.90. The minimum atomic E-state index is -4.82. The molecule has 0 bridgehead atoms. The minimum absolute atomic E-state index is 0.179. The van der Waals surface area contributed by atoms with E-state index in [4.69, 9.17) is 11.6 Å². The van der Waals surface area contributed by atoms with Crippen molar-refractivity contribution in [2.45, 2.75) is 12.1 Å². The first-order valence-corrected chi connectivity index (χ1v) is 6.63. The highest BCUT2D eigenvalue weighted by Gasteiger charge is 2.37. The third-order valence-corrected chi connectivity index (χ3v) is 3.50. The summed E-state index contributed by atoms with van der Waals surface area (Å²) in [5.74, 6) is -1.10. The number of benzene rings is 2. The maximum absolute atomic E-state index is 12.9. The van der Waals surface area contributed by atoms with Gasteiger partial charge in [-0.25, -0.2) is 0 Å². The Morgan fingerprint density at radius 1 is 1.22 bits per heavy atom. The van der Waals surface area contributed by atoms with Crippen molar-refractivity contribution in [1.82, 2.24) is 0 Å². The van der Waals surface area contributed by atoms with Crippen molar-refractivity contribution < 1.29 is 18.1 Å². The number of halogens is 4. The fraction of sp³-hybridized carbons (Fsp3) is 0.133. The number of nitro benzene ring substituents is 1. The van der Waals surface area contributed by atoms with Gasteiger partial charge in [0.05, 0.1) is 27.1 Å². The van der Waals surface area contributed by atoms with E-state index in [0.29, 0.717) is 11.6 Å². The second kappa shape index (κ2) is 6.26. The number of rotatable bonds is 3. The molecule has 0 saturated heterocycles. The van der Waals surface area contributed by atoms with Gasteiger partial charge >= 0.3 is 6.18 Å². The van der Waals surface area contributed by atoms with Crippen molar-refractivity contribution in [1.29, 1.82) is 5.26 Å². The lowest BCUT2D eigenvalue weighted by Crippen LogP contribution is -2.10. The van der Waals surface area contributed by atoms with Crippen molar-refractivity contribution in [2.75, 3.05) is 0 Å². The molecule has 0 amide bonds. The topological polar surface area (TPSA) is 66.9 Å². The van der Waals surface area contributed by atoms with Gasteiger partial charge < -0.3 is 0 Å². The normalized spacial score (nSPS) is 12.5. The van der Waals surface area contributed by atoms with Crippen LogP contribution in [0.5, 0.6) is 0 Å². The molecule has 0 spiro atoms. The molecule has 0 aromatic heterocycles. The molecule has 23 heavy (non-hydrogen) atoms. The Hall–Kier alpha value is -2.59. The smallest absolute Gasteiger partial charge is 0.258 e. The average Bonchev–Trinajstić information content (AvgIpc) is 2.47. The maximum Gasteiger partial charge on any atom is 0.418 e. The van der Waals surface area contributed by atoms with Crippen LogP contribution in [-0.4, -0.2) is 4.92 Å². The summed E-state index contributed by atoms with van der Waals surface area (Å²) in [5.41, 5.74) is -1.85. The minimum Gasteiger partial charge on any atom is -0.258 e. The zero-order valence-corrected chi connectivity index (χ0v) is 12.1. The first-order chi connectivity index (χ1) is 10.8. The van der Waals surface area contributed by atoms with E-state index >= 15 is 0 Å². The number of hydrogen-bond acceptors (Lipinski definition) is 3. The summed E-state index contributed by atoms with van der Waals surface area (Å²) in [4.78, 5) is 10.2. The standard InChI is InChI=1S/C15H8ClF3N2O2/c16-13-6-10(11(8-20)9-4-2-1-3-5-9)14(21(22)23)7-12(13)15(17,18)19/h1-7,11H. The number of nitro groups is 1. The molecule has 4 nitrogen and oxygen atoms in total. The van der Waals surface area contributed by atoms with Gasteiger partial charge in [0.25, 0.3) is 5.69 Å². The Kier molecular flexibility index (Phi) is 4.57. The molecule has 0 saturated carbocycles. The van der Waals surface area contributed by atoms with Gasteiger partial charge in [-0.2, -0.15) is 18.4 Å². The Labute approximate surface area is 133 Å². The number of nitrogens with zero attached hydrogens (tertiary/aromatic N) is 2. The van der Waals surface area contributed by atoms with Crippen LogP contribution in [0.4, 0.5) is 18.9 Å². The second-order valence-corrected chi connectivity index (χ2v) is 5.03. The maximum atomic E-state index is 12.9. The van der Waals surface area contributed by atoms with Crippen molar-refractivity contribution in [3.05, 3.63) is 74.3 Å². The monoisotopic (exact) mass is 340 g/mol. The summed E-state index contributed by atoms with van der Waals surface area (Å²) in [6, 6.07) is 11.1. The van der Waals surface area contributed by atoms with Crippen molar-refractivity contribution in [3.63, 3.8) is 0 Å². The summed E-state index contributed by atoms with van der Waals surface area (Å²) < 4.78 is 38.6. The summed E-state index contributed by atoms with van der Waals surface area (Å²) in [6.07, 6.45) is -4.82. The molecule has 0 heterocycles. The molecule has 1 atom stereocenters. The third-order valence-electron chi connectivity index (χ3n) is 3.19. The number of hydrogen-bond donors (Lipinski definition) is 0. The lowest BCUT2D eigenvalue weighted by Gasteiger charge is -2.14. The van der Waals surface area contributed by atoms with Crippen LogP contribution in [0, 0.1) is 21.4 Å². The largest absolute Gasteiger partial charge is 0.418 e. The molecule has 8 heteroatoms. The molecule has 1 unspecified atom stereocenters. The fourth-order valence-corrected chi connectivity index (χ4v) is 2.43. The fourth-order valence-electron chi connectivity index (χ4n) is 2.15. The SMILES string of the molecule is N#CC(c1ccccc1)c1cc(Cl)c(C(F)(F)F)cc1[N+](=O)[O-]. The molecule has 2 rings (SSSR count). The molecule has 0 aliphatic carbocycles. The predicted molar refractivity (Wildman–Crippen MR) is 77.0 cm³/mol. The van der Waals surface area contributed by atoms with E-state index in [9.17, 15) is 28.5 Å². The van der Waals surface area contributed by atoms with Gasteiger partial charge in [-0.15, -0.1) is 0 Å². The van der Waals surface area contributed by atoms with Gasteiger partial charge in [0, 0.05) is 6.07 Å². The van der Waals surface area contributed by atoms with Gasteiger partial charge in [0.2, 0.25) is 0 Å². The summed E-state index contributed by atoms with van der Waals surface area (Å²) in [7, 11) is 0. The van der Waals surface area contributed by atoms with E-state index in [1.165, 1.54) is 0 Å². The molecule has 0 aliphatic heterocycles. The zero-order chi connectivity index (χ0) is 17.2.